The number of hydrogen-bond acceptors (Lipinski definition) is 3. The van der Waals surface area contributed by atoms with Gasteiger partial charge in [-0.3, -0.25) is 0 Å². The highest BCUT2D eigenvalue weighted by atomic mass is 127. The van der Waals surface area contributed by atoms with Crippen LogP contribution in [0.25, 0.3) is 0 Å². The van der Waals surface area contributed by atoms with Crippen molar-refractivity contribution in [3.05, 3.63) is 35.4 Å². The average molecular weight is 531 g/mol. The molecule has 0 amide bonds. The van der Waals surface area contributed by atoms with Crippen LogP contribution in [-0.4, -0.2) is 42.8 Å². The fraction of sp³-hybridized carbons (Fsp3) is 0.632. The zero-order chi connectivity index (χ0) is 19.7. The van der Waals surface area contributed by atoms with E-state index in [-0.39, 0.29) is 30.6 Å². The molecule has 2 rings (SSSR count). The Morgan fingerprint density at radius 1 is 1.21 bits per heavy atom. The molecular weight excluding hydrogens is 502 g/mol. The Kier molecular flexibility index (Phi) is 11.6. The molecule has 1 aromatic carbocycles. The summed E-state index contributed by atoms with van der Waals surface area (Å²) < 4.78 is 41.0. The highest BCUT2D eigenvalue weighted by Crippen LogP contribution is 2.28. The summed E-state index contributed by atoms with van der Waals surface area (Å²) in [5, 5.41) is 7.50. The number of nitrogens with one attached hydrogen (secondary N) is 2. The van der Waals surface area contributed by atoms with E-state index in [9.17, 15) is 13.2 Å². The molecule has 1 fully saturated rings. The van der Waals surface area contributed by atoms with Crippen molar-refractivity contribution in [2.45, 2.75) is 56.8 Å². The summed E-state index contributed by atoms with van der Waals surface area (Å²) in [6, 6.07) is 7.76. The molecule has 0 bridgehead atoms. The fourth-order valence-electron chi connectivity index (χ4n) is 2.99. The van der Waals surface area contributed by atoms with Crippen LogP contribution in [0.4, 0.5) is 13.2 Å². The molecule has 0 heterocycles. The number of guanidine groups is 1. The molecule has 1 aliphatic rings. The van der Waals surface area contributed by atoms with E-state index in [1.807, 2.05) is 30.8 Å². The van der Waals surface area contributed by atoms with Gasteiger partial charge in [-0.2, -0.15) is 24.9 Å². The first-order valence-electron chi connectivity index (χ1n) is 9.19. The van der Waals surface area contributed by atoms with Crippen molar-refractivity contribution >= 4 is 41.7 Å². The lowest BCUT2D eigenvalue weighted by Crippen LogP contribution is -2.42. The van der Waals surface area contributed by atoms with Crippen molar-refractivity contribution < 1.29 is 17.9 Å². The van der Waals surface area contributed by atoms with Gasteiger partial charge in [0.2, 0.25) is 0 Å². The van der Waals surface area contributed by atoms with E-state index < -0.39 is 12.8 Å². The van der Waals surface area contributed by atoms with Gasteiger partial charge in [-0.1, -0.05) is 24.3 Å². The minimum Gasteiger partial charge on any atom is -0.367 e. The Balaban J connectivity index is 0.00000392. The molecule has 2 atom stereocenters. The van der Waals surface area contributed by atoms with Crippen molar-refractivity contribution in [3.63, 3.8) is 0 Å². The van der Waals surface area contributed by atoms with Crippen LogP contribution in [0, 0.1) is 0 Å². The lowest BCUT2D eigenvalue weighted by atomic mass is 10.1. The van der Waals surface area contributed by atoms with Crippen molar-refractivity contribution in [2.24, 2.45) is 4.99 Å². The molecule has 0 spiro atoms. The van der Waals surface area contributed by atoms with Gasteiger partial charge in [0, 0.05) is 17.8 Å². The van der Waals surface area contributed by atoms with Gasteiger partial charge in [-0.05, 0) is 43.6 Å². The number of thioether (sulfide) groups is 1. The SMILES string of the molecule is CCNC(=NCc1ccc(COCC(F)(F)F)cc1)NC1CCC(SC)C1.I. The fourth-order valence-corrected chi connectivity index (χ4v) is 3.79. The second kappa shape index (κ2) is 12.8. The number of hydrogen-bond donors (Lipinski definition) is 2. The standard InChI is InChI=1S/C19H28F3N3OS.HI/c1-3-23-18(25-16-8-9-17(10-16)27-2)24-11-14-4-6-15(7-5-14)12-26-13-19(20,21)22;/h4-7,16-17H,3,8-13H2,1-2H3,(H2,23,24,25);1H. The molecule has 28 heavy (non-hydrogen) atoms. The first kappa shape index (κ1) is 25.4. The Labute approximate surface area is 186 Å². The van der Waals surface area contributed by atoms with Gasteiger partial charge in [0.05, 0.1) is 13.2 Å². The summed E-state index contributed by atoms with van der Waals surface area (Å²) in [5.74, 6) is 0.807. The first-order valence-corrected chi connectivity index (χ1v) is 10.5. The van der Waals surface area contributed by atoms with Gasteiger partial charge < -0.3 is 15.4 Å². The zero-order valence-electron chi connectivity index (χ0n) is 16.2. The summed E-state index contributed by atoms with van der Waals surface area (Å²) in [6.07, 6.45) is 1.40. The highest BCUT2D eigenvalue weighted by molar-refractivity contribution is 14.0. The van der Waals surface area contributed by atoms with Crippen LogP contribution >= 0.6 is 35.7 Å². The van der Waals surface area contributed by atoms with Gasteiger partial charge >= 0.3 is 6.18 Å². The molecule has 2 unspecified atom stereocenters. The van der Waals surface area contributed by atoms with Crippen molar-refractivity contribution in [2.75, 3.05) is 19.4 Å². The van der Waals surface area contributed by atoms with Crippen LogP contribution in [0.5, 0.6) is 0 Å². The Hall–Kier alpha value is -0.680. The monoisotopic (exact) mass is 531 g/mol. The molecule has 0 aromatic heterocycles. The smallest absolute Gasteiger partial charge is 0.367 e. The second-order valence-corrected chi connectivity index (χ2v) is 7.77. The van der Waals surface area contributed by atoms with E-state index in [0.717, 1.165) is 36.2 Å². The van der Waals surface area contributed by atoms with E-state index in [1.54, 1.807) is 12.1 Å². The van der Waals surface area contributed by atoms with Crippen molar-refractivity contribution in [1.82, 2.24) is 10.6 Å². The average Bonchev–Trinajstić information content (AvgIpc) is 3.07. The largest absolute Gasteiger partial charge is 0.411 e. The van der Waals surface area contributed by atoms with E-state index in [4.69, 9.17) is 0 Å². The number of benzene rings is 1. The molecule has 0 radical (unpaired) electrons. The predicted molar refractivity (Wildman–Crippen MR) is 120 cm³/mol. The maximum Gasteiger partial charge on any atom is 0.411 e. The number of nitrogens with zero attached hydrogens (tertiary/aromatic N) is 1. The molecule has 4 nitrogen and oxygen atoms in total. The predicted octanol–water partition coefficient (Wildman–Crippen LogP) is 4.72. The molecule has 9 heteroatoms. The van der Waals surface area contributed by atoms with Gasteiger partial charge in [0.1, 0.15) is 6.61 Å². The van der Waals surface area contributed by atoms with Crippen LogP contribution in [0.15, 0.2) is 29.3 Å². The Morgan fingerprint density at radius 2 is 1.89 bits per heavy atom. The third-order valence-electron chi connectivity index (χ3n) is 4.38. The summed E-state index contributed by atoms with van der Waals surface area (Å²) in [7, 11) is 0. The van der Waals surface area contributed by atoms with Crippen LogP contribution in [0.3, 0.4) is 0 Å². The second-order valence-electron chi connectivity index (χ2n) is 6.63. The van der Waals surface area contributed by atoms with Crippen LogP contribution < -0.4 is 10.6 Å². The summed E-state index contributed by atoms with van der Waals surface area (Å²) in [4.78, 5) is 4.63. The van der Waals surface area contributed by atoms with Gasteiger partial charge in [-0.15, -0.1) is 24.0 Å². The van der Waals surface area contributed by atoms with E-state index >= 15 is 0 Å². The van der Waals surface area contributed by atoms with E-state index in [0.29, 0.717) is 18.2 Å². The molecule has 0 aliphatic heterocycles. The summed E-state index contributed by atoms with van der Waals surface area (Å²) in [6.45, 7) is 2.06. The normalized spacial score (nSPS) is 20.0. The number of halogens is 4. The highest BCUT2D eigenvalue weighted by Gasteiger charge is 2.27. The first-order chi connectivity index (χ1) is 12.9. The zero-order valence-corrected chi connectivity index (χ0v) is 19.4. The van der Waals surface area contributed by atoms with Crippen LogP contribution in [-0.2, 0) is 17.9 Å². The van der Waals surface area contributed by atoms with Gasteiger partial charge in [-0.25, -0.2) is 4.99 Å². The Bertz CT molecular complexity index is 599. The topological polar surface area (TPSA) is 45.7 Å². The van der Waals surface area contributed by atoms with Crippen LogP contribution in [0.1, 0.15) is 37.3 Å². The lowest BCUT2D eigenvalue weighted by Gasteiger charge is -2.17. The molecular formula is C19H29F3IN3OS. The third kappa shape index (κ3) is 9.69. The molecule has 2 N–H and O–H groups in total. The maximum atomic E-state index is 12.1. The quantitative estimate of drug-likeness (QED) is 0.290. The molecule has 0 saturated heterocycles. The molecule has 1 aromatic rings. The van der Waals surface area contributed by atoms with E-state index in [2.05, 4.69) is 26.6 Å². The van der Waals surface area contributed by atoms with Gasteiger partial charge in [0.25, 0.3) is 0 Å². The molecule has 1 saturated carbocycles. The van der Waals surface area contributed by atoms with Crippen LogP contribution in [0.2, 0.25) is 0 Å². The maximum absolute atomic E-state index is 12.1. The molecule has 1 aliphatic carbocycles. The lowest BCUT2D eigenvalue weighted by molar-refractivity contribution is -0.176. The van der Waals surface area contributed by atoms with Crippen molar-refractivity contribution in [3.8, 4) is 0 Å². The van der Waals surface area contributed by atoms with Gasteiger partial charge in [0.15, 0.2) is 5.96 Å². The molecule has 160 valence electrons. The minimum atomic E-state index is -4.29. The number of rotatable bonds is 8. The number of aliphatic imine (C=N–C) groups is 1. The minimum absolute atomic E-state index is 0. The summed E-state index contributed by atoms with van der Waals surface area (Å²) in [5.41, 5.74) is 1.71. The summed E-state index contributed by atoms with van der Waals surface area (Å²) >= 11 is 1.92. The number of alkyl halides is 3. The van der Waals surface area contributed by atoms with E-state index in [1.165, 1.54) is 6.42 Å². The third-order valence-corrected chi connectivity index (χ3v) is 5.47. The van der Waals surface area contributed by atoms with Crippen molar-refractivity contribution in [1.29, 1.82) is 0 Å². The Morgan fingerprint density at radius 3 is 2.46 bits per heavy atom. The number of ether oxygens (including phenoxy) is 1.